The molecule has 0 heterocycles. The molecule has 1 saturated carbocycles. The van der Waals surface area contributed by atoms with E-state index in [1.807, 2.05) is 6.92 Å². The van der Waals surface area contributed by atoms with Crippen LogP contribution in [0.2, 0.25) is 0 Å². The summed E-state index contributed by atoms with van der Waals surface area (Å²) in [5.74, 6) is -0.128. The van der Waals surface area contributed by atoms with Crippen molar-refractivity contribution in [3.8, 4) is 6.07 Å². The lowest BCUT2D eigenvalue weighted by atomic mass is 9.74. The first-order valence-corrected chi connectivity index (χ1v) is 5.49. The minimum Gasteiger partial charge on any atom is -0.349 e. The molecule has 0 aromatic rings. The van der Waals surface area contributed by atoms with Crippen LogP contribution in [0.15, 0.2) is 12.7 Å². The molecular formula is C12H18N2O. The van der Waals surface area contributed by atoms with E-state index in [1.165, 1.54) is 0 Å². The van der Waals surface area contributed by atoms with Crippen molar-refractivity contribution in [3.05, 3.63) is 12.7 Å². The van der Waals surface area contributed by atoms with Crippen LogP contribution < -0.4 is 5.32 Å². The largest absolute Gasteiger partial charge is 0.349 e. The average Bonchev–Trinajstić information content (AvgIpc) is 2.29. The molecule has 0 spiro atoms. The zero-order chi connectivity index (χ0) is 11.3. The van der Waals surface area contributed by atoms with E-state index in [0.717, 1.165) is 19.3 Å². The number of nitriles is 1. The van der Waals surface area contributed by atoms with Crippen LogP contribution in [0.5, 0.6) is 0 Å². The van der Waals surface area contributed by atoms with E-state index in [2.05, 4.69) is 18.0 Å². The lowest BCUT2D eigenvalue weighted by molar-refractivity contribution is -0.129. The first kappa shape index (κ1) is 11.8. The topological polar surface area (TPSA) is 52.9 Å². The van der Waals surface area contributed by atoms with Crippen molar-refractivity contribution in [2.75, 3.05) is 0 Å². The summed E-state index contributed by atoms with van der Waals surface area (Å²) < 4.78 is 0. The molecule has 1 fully saturated rings. The number of nitrogens with one attached hydrogen (secondary N) is 1. The maximum absolute atomic E-state index is 11.9. The van der Waals surface area contributed by atoms with Gasteiger partial charge in [-0.1, -0.05) is 25.3 Å². The van der Waals surface area contributed by atoms with Crippen LogP contribution in [0.1, 0.15) is 39.0 Å². The summed E-state index contributed by atoms with van der Waals surface area (Å²) in [6.45, 7) is 5.47. The Labute approximate surface area is 91.2 Å². The highest BCUT2D eigenvalue weighted by atomic mass is 16.2. The number of hydrogen-bond acceptors (Lipinski definition) is 2. The Kier molecular flexibility index (Phi) is 3.90. The van der Waals surface area contributed by atoms with Crippen LogP contribution in [0.4, 0.5) is 0 Å². The van der Waals surface area contributed by atoms with Gasteiger partial charge >= 0.3 is 0 Å². The van der Waals surface area contributed by atoms with Gasteiger partial charge in [-0.15, -0.1) is 6.58 Å². The summed E-state index contributed by atoms with van der Waals surface area (Å²) in [7, 11) is 0. The highest BCUT2D eigenvalue weighted by Gasteiger charge is 2.39. The third-order valence-corrected chi connectivity index (χ3v) is 3.07. The monoisotopic (exact) mass is 206 g/mol. The molecule has 1 N–H and O–H groups in total. The van der Waals surface area contributed by atoms with Gasteiger partial charge in [0.1, 0.15) is 5.41 Å². The molecule has 15 heavy (non-hydrogen) atoms. The number of amides is 1. The number of rotatable bonds is 3. The fourth-order valence-electron chi connectivity index (χ4n) is 1.95. The lowest BCUT2D eigenvalue weighted by Crippen LogP contribution is -2.44. The number of carbonyl (C=O) groups excluding carboxylic acids is 1. The molecule has 1 amide bonds. The van der Waals surface area contributed by atoms with Gasteiger partial charge in [0.2, 0.25) is 5.91 Å². The van der Waals surface area contributed by atoms with Crippen molar-refractivity contribution in [2.45, 2.75) is 45.1 Å². The molecule has 0 aromatic carbocycles. The van der Waals surface area contributed by atoms with Crippen LogP contribution in [-0.2, 0) is 4.79 Å². The summed E-state index contributed by atoms with van der Waals surface area (Å²) >= 11 is 0. The Bertz CT molecular complexity index is 284. The molecule has 3 heteroatoms. The van der Waals surface area contributed by atoms with Gasteiger partial charge in [0.25, 0.3) is 0 Å². The Morgan fingerprint density at radius 2 is 2.13 bits per heavy atom. The van der Waals surface area contributed by atoms with Crippen molar-refractivity contribution in [3.63, 3.8) is 0 Å². The molecule has 1 atom stereocenters. The fraction of sp³-hybridized carbons (Fsp3) is 0.667. The third kappa shape index (κ3) is 2.59. The van der Waals surface area contributed by atoms with Crippen LogP contribution in [0.25, 0.3) is 0 Å². The van der Waals surface area contributed by atoms with E-state index in [-0.39, 0.29) is 11.9 Å². The summed E-state index contributed by atoms with van der Waals surface area (Å²) in [5, 5.41) is 12.0. The van der Waals surface area contributed by atoms with Crippen molar-refractivity contribution in [1.82, 2.24) is 5.32 Å². The van der Waals surface area contributed by atoms with E-state index in [4.69, 9.17) is 5.26 Å². The molecule has 0 bridgehead atoms. The minimum absolute atomic E-state index is 0.0651. The lowest BCUT2D eigenvalue weighted by Gasteiger charge is -2.30. The zero-order valence-corrected chi connectivity index (χ0v) is 9.25. The Hall–Kier alpha value is -1.30. The number of hydrogen-bond donors (Lipinski definition) is 1. The molecule has 0 radical (unpaired) electrons. The molecule has 1 unspecified atom stereocenters. The van der Waals surface area contributed by atoms with Gasteiger partial charge < -0.3 is 5.32 Å². The van der Waals surface area contributed by atoms with Gasteiger partial charge in [-0.3, -0.25) is 4.79 Å². The molecule has 1 aliphatic rings. The Morgan fingerprint density at radius 3 is 2.60 bits per heavy atom. The highest BCUT2D eigenvalue weighted by molar-refractivity contribution is 5.85. The van der Waals surface area contributed by atoms with E-state index < -0.39 is 5.41 Å². The molecule has 1 aliphatic carbocycles. The summed E-state index contributed by atoms with van der Waals surface area (Å²) in [5.41, 5.74) is -0.782. The summed E-state index contributed by atoms with van der Waals surface area (Å²) in [6.07, 6.45) is 6.14. The maximum atomic E-state index is 11.9. The predicted octanol–water partition coefficient (Wildman–Crippen LogP) is 2.15. The van der Waals surface area contributed by atoms with Crippen molar-refractivity contribution in [1.29, 1.82) is 5.26 Å². The SMILES string of the molecule is C=CC(C)NC(=O)C1(C#N)CCCCC1. The molecular weight excluding hydrogens is 188 g/mol. The van der Waals surface area contributed by atoms with Gasteiger partial charge in [0.05, 0.1) is 6.07 Å². The number of nitrogens with zero attached hydrogens (tertiary/aromatic N) is 1. The molecule has 0 aromatic heterocycles. The van der Waals surface area contributed by atoms with Gasteiger partial charge in [-0.05, 0) is 19.8 Å². The normalized spacial score (nSPS) is 21.1. The van der Waals surface area contributed by atoms with Crippen LogP contribution in [0.3, 0.4) is 0 Å². The highest BCUT2D eigenvalue weighted by Crippen LogP contribution is 2.35. The average molecular weight is 206 g/mol. The zero-order valence-electron chi connectivity index (χ0n) is 9.25. The van der Waals surface area contributed by atoms with Gasteiger partial charge in [-0.25, -0.2) is 0 Å². The summed E-state index contributed by atoms with van der Waals surface area (Å²) in [4.78, 5) is 11.9. The maximum Gasteiger partial charge on any atom is 0.240 e. The first-order valence-electron chi connectivity index (χ1n) is 5.49. The fourth-order valence-corrected chi connectivity index (χ4v) is 1.95. The van der Waals surface area contributed by atoms with E-state index in [1.54, 1.807) is 6.08 Å². The van der Waals surface area contributed by atoms with Crippen molar-refractivity contribution >= 4 is 5.91 Å². The van der Waals surface area contributed by atoms with Gasteiger partial charge in [0, 0.05) is 6.04 Å². The van der Waals surface area contributed by atoms with E-state index >= 15 is 0 Å². The van der Waals surface area contributed by atoms with Gasteiger partial charge in [-0.2, -0.15) is 5.26 Å². The van der Waals surface area contributed by atoms with Gasteiger partial charge in [0.15, 0.2) is 0 Å². The second kappa shape index (κ2) is 4.97. The van der Waals surface area contributed by atoms with Crippen molar-refractivity contribution in [2.24, 2.45) is 5.41 Å². The quantitative estimate of drug-likeness (QED) is 0.719. The third-order valence-electron chi connectivity index (χ3n) is 3.07. The predicted molar refractivity (Wildman–Crippen MR) is 58.9 cm³/mol. The van der Waals surface area contributed by atoms with E-state index in [0.29, 0.717) is 12.8 Å². The smallest absolute Gasteiger partial charge is 0.240 e. The molecule has 82 valence electrons. The van der Waals surface area contributed by atoms with Crippen LogP contribution >= 0.6 is 0 Å². The molecule has 3 nitrogen and oxygen atoms in total. The molecule has 0 aliphatic heterocycles. The molecule has 0 saturated heterocycles. The molecule has 1 rings (SSSR count). The first-order chi connectivity index (χ1) is 7.14. The van der Waals surface area contributed by atoms with Crippen LogP contribution in [0, 0.1) is 16.7 Å². The minimum atomic E-state index is -0.782. The number of carbonyl (C=O) groups is 1. The Balaban J connectivity index is 2.69. The van der Waals surface area contributed by atoms with Crippen molar-refractivity contribution < 1.29 is 4.79 Å². The van der Waals surface area contributed by atoms with E-state index in [9.17, 15) is 4.79 Å². The second-order valence-electron chi connectivity index (χ2n) is 4.25. The summed E-state index contributed by atoms with van der Waals surface area (Å²) in [6, 6.07) is 2.14. The Morgan fingerprint density at radius 1 is 1.53 bits per heavy atom. The standard InChI is InChI=1S/C12H18N2O/c1-3-10(2)14-11(15)12(9-13)7-5-4-6-8-12/h3,10H,1,4-8H2,2H3,(H,14,15). The second-order valence-corrected chi connectivity index (χ2v) is 4.25. The van der Waals surface area contributed by atoms with Crippen LogP contribution in [-0.4, -0.2) is 11.9 Å².